The molecule has 2 rings (SSSR count). The summed E-state index contributed by atoms with van der Waals surface area (Å²) in [7, 11) is 0. The Kier molecular flexibility index (Phi) is 16.1. The van der Waals surface area contributed by atoms with E-state index >= 15 is 0 Å². The highest BCUT2D eigenvalue weighted by Gasteiger charge is 2.23. The number of amides is 3. The molecule has 232 valence electrons. The average Bonchev–Trinajstić information content (AvgIpc) is 3.00. The zero-order valence-electron chi connectivity index (χ0n) is 23.7. The Hall–Kier alpha value is -4.22. The van der Waals surface area contributed by atoms with Crippen LogP contribution < -0.4 is 20.9 Å². The third-order valence-corrected chi connectivity index (χ3v) is 6.04. The molecule has 3 amide bonds. The third-order valence-electron chi connectivity index (χ3n) is 5.70. The zero-order chi connectivity index (χ0) is 31.5. The first kappa shape index (κ1) is 35.0. The van der Waals surface area contributed by atoms with Gasteiger partial charge in [0.15, 0.2) is 0 Å². The van der Waals surface area contributed by atoms with Gasteiger partial charge in [0.25, 0.3) is 0 Å². The van der Waals surface area contributed by atoms with Crippen molar-refractivity contribution in [3.8, 4) is 0 Å². The van der Waals surface area contributed by atoms with E-state index in [2.05, 4.69) is 29.1 Å². The van der Waals surface area contributed by atoms with Crippen LogP contribution in [0.4, 0.5) is 26.7 Å². The molecule has 0 fully saturated rings. The van der Waals surface area contributed by atoms with E-state index in [0.717, 1.165) is 5.69 Å². The zero-order valence-corrected chi connectivity index (χ0v) is 25.2. The third kappa shape index (κ3) is 13.5. The minimum absolute atomic E-state index is 0.00517. The lowest BCUT2D eigenvalue weighted by molar-refractivity contribution is -0.146. The van der Waals surface area contributed by atoms with Crippen molar-refractivity contribution >= 4 is 64.3 Å². The summed E-state index contributed by atoms with van der Waals surface area (Å²) in [5.41, 5.74) is 2.61. The van der Waals surface area contributed by atoms with Crippen LogP contribution in [0.1, 0.15) is 18.4 Å². The van der Waals surface area contributed by atoms with Crippen molar-refractivity contribution in [2.24, 2.45) is 0 Å². The summed E-state index contributed by atoms with van der Waals surface area (Å²) in [6, 6.07) is 12.0. The predicted molar refractivity (Wildman–Crippen MR) is 168 cm³/mol. The van der Waals surface area contributed by atoms with Crippen LogP contribution in [0.2, 0.25) is 0 Å². The van der Waals surface area contributed by atoms with Gasteiger partial charge in [0.2, 0.25) is 0 Å². The number of benzene rings is 2. The number of hydrogen-bond acceptors (Lipinski definition) is 8. The van der Waals surface area contributed by atoms with Crippen LogP contribution in [0.5, 0.6) is 0 Å². The summed E-state index contributed by atoms with van der Waals surface area (Å²) >= 11 is 11.7. The molecule has 0 aromatic heterocycles. The SMILES string of the molecule is C=CCOC(=O)CC[C@H](NC(=O)Nc1ccc(COC(=O)Nc2ccc(N(CCCl)CCCl)cc2)cc1)C(=O)OCC=C. The molecule has 3 N–H and O–H groups in total. The fraction of sp³-hybridized carbons (Fsp3) is 0.333. The van der Waals surface area contributed by atoms with E-state index in [1.54, 1.807) is 36.4 Å². The number of halogens is 2. The van der Waals surface area contributed by atoms with Gasteiger partial charge in [-0.3, -0.25) is 10.1 Å². The smallest absolute Gasteiger partial charge is 0.411 e. The number of rotatable bonds is 18. The molecule has 0 aliphatic heterocycles. The fourth-order valence-corrected chi connectivity index (χ4v) is 4.03. The minimum atomic E-state index is -1.09. The molecule has 0 heterocycles. The van der Waals surface area contributed by atoms with Crippen molar-refractivity contribution < 1.29 is 33.4 Å². The van der Waals surface area contributed by atoms with E-state index in [9.17, 15) is 19.2 Å². The molecule has 1 atom stereocenters. The van der Waals surface area contributed by atoms with Gasteiger partial charge in [-0.2, -0.15) is 0 Å². The van der Waals surface area contributed by atoms with Gasteiger partial charge in [-0.05, 0) is 48.4 Å². The quantitative estimate of drug-likeness (QED) is 0.0853. The van der Waals surface area contributed by atoms with Gasteiger partial charge in [-0.15, -0.1) is 23.2 Å². The summed E-state index contributed by atoms with van der Waals surface area (Å²) in [4.78, 5) is 51.0. The molecule has 2 aromatic rings. The Morgan fingerprint density at radius 3 is 2.00 bits per heavy atom. The standard InChI is InChI=1S/C30H36Cl2N4O7/c1-3-19-41-27(37)14-13-26(28(38)42-20-4-2)35-29(39)33-23-7-5-22(6-8-23)21-43-30(40)34-24-9-11-25(12-10-24)36(17-15-31)18-16-32/h3-12,26H,1-2,13-21H2,(H,34,40)(H2,33,35,39)/t26-/m0/s1. The number of ether oxygens (including phenoxy) is 3. The molecule has 43 heavy (non-hydrogen) atoms. The van der Waals surface area contributed by atoms with Gasteiger partial charge in [-0.1, -0.05) is 37.4 Å². The maximum Gasteiger partial charge on any atom is 0.411 e. The summed E-state index contributed by atoms with van der Waals surface area (Å²) in [5.74, 6) is -0.317. The van der Waals surface area contributed by atoms with Crippen LogP contribution >= 0.6 is 23.2 Å². The second kappa shape index (κ2) is 19.8. The fourth-order valence-electron chi connectivity index (χ4n) is 3.62. The van der Waals surface area contributed by atoms with E-state index in [4.69, 9.17) is 37.4 Å². The molecule has 2 aromatic carbocycles. The normalized spacial score (nSPS) is 10.9. The highest BCUT2D eigenvalue weighted by atomic mass is 35.5. The first-order valence-corrected chi connectivity index (χ1v) is 14.5. The Morgan fingerprint density at radius 1 is 0.814 bits per heavy atom. The maximum atomic E-state index is 12.5. The average molecular weight is 636 g/mol. The minimum Gasteiger partial charge on any atom is -0.461 e. The van der Waals surface area contributed by atoms with E-state index < -0.39 is 30.1 Å². The van der Waals surface area contributed by atoms with E-state index in [0.29, 0.717) is 41.8 Å². The predicted octanol–water partition coefficient (Wildman–Crippen LogP) is 5.45. The number of alkyl halides is 2. The Balaban J connectivity index is 1.85. The lowest BCUT2D eigenvalue weighted by atomic mass is 10.1. The molecule has 0 aliphatic carbocycles. The number of hydrogen-bond donors (Lipinski definition) is 3. The van der Waals surface area contributed by atoms with Gasteiger partial charge in [0.05, 0.1) is 0 Å². The van der Waals surface area contributed by atoms with Crippen molar-refractivity contribution in [1.29, 1.82) is 0 Å². The molecule has 11 nitrogen and oxygen atoms in total. The van der Waals surface area contributed by atoms with Gasteiger partial charge in [-0.25, -0.2) is 14.4 Å². The first-order chi connectivity index (χ1) is 20.8. The summed E-state index contributed by atoms with van der Waals surface area (Å²) in [5, 5.41) is 7.79. The largest absolute Gasteiger partial charge is 0.461 e. The molecule has 0 unspecified atom stereocenters. The van der Waals surface area contributed by atoms with Crippen LogP contribution in [0, 0.1) is 0 Å². The van der Waals surface area contributed by atoms with E-state index in [1.807, 2.05) is 17.0 Å². The van der Waals surface area contributed by atoms with Crippen LogP contribution in [-0.2, 0) is 30.4 Å². The summed E-state index contributed by atoms with van der Waals surface area (Å²) in [6.07, 6.45) is 2.05. The van der Waals surface area contributed by atoms with E-state index in [1.165, 1.54) is 12.2 Å². The van der Waals surface area contributed by atoms with Crippen molar-refractivity contribution in [3.05, 3.63) is 79.4 Å². The summed E-state index contributed by atoms with van der Waals surface area (Å²) < 4.78 is 15.2. The summed E-state index contributed by atoms with van der Waals surface area (Å²) in [6.45, 7) is 8.25. The topological polar surface area (TPSA) is 135 Å². The number of carbonyl (C=O) groups is 4. The lowest BCUT2D eigenvalue weighted by Crippen LogP contribution is -2.44. The van der Waals surface area contributed by atoms with Crippen molar-refractivity contribution in [1.82, 2.24) is 5.32 Å². The van der Waals surface area contributed by atoms with Crippen LogP contribution in [-0.4, -0.2) is 68.2 Å². The number of anilines is 3. The highest BCUT2D eigenvalue weighted by molar-refractivity contribution is 6.18. The first-order valence-electron chi connectivity index (χ1n) is 13.4. The molecular formula is C30H36Cl2N4O7. The van der Waals surface area contributed by atoms with Gasteiger partial charge < -0.3 is 29.7 Å². The molecule has 0 saturated heterocycles. The molecular weight excluding hydrogens is 599 g/mol. The van der Waals surface area contributed by atoms with Crippen LogP contribution in [0.3, 0.4) is 0 Å². The van der Waals surface area contributed by atoms with Crippen molar-refractivity contribution in [3.63, 3.8) is 0 Å². The highest BCUT2D eigenvalue weighted by Crippen LogP contribution is 2.19. The number of carbonyl (C=O) groups excluding carboxylic acids is 4. The van der Waals surface area contributed by atoms with Gasteiger partial charge in [0.1, 0.15) is 25.9 Å². The lowest BCUT2D eigenvalue weighted by Gasteiger charge is -2.23. The molecule has 0 spiro atoms. The van der Waals surface area contributed by atoms with Crippen LogP contribution in [0.25, 0.3) is 0 Å². The van der Waals surface area contributed by atoms with Crippen molar-refractivity contribution in [2.75, 3.05) is 53.6 Å². The number of urea groups is 1. The van der Waals surface area contributed by atoms with E-state index in [-0.39, 0.29) is 32.7 Å². The second-order valence-electron chi connectivity index (χ2n) is 8.89. The molecule has 0 saturated carbocycles. The molecule has 0 aliphatic rings. The van der Waals surface area contributed by atoms with Gasteiger partial charge >= 0.3 is 24.1 Å². The van der Waals surface area contributed by atoms with Crippen molar-refractivity contribution in [2.45, 2.75) is 25.5 Å². The molecule has 0 radical (unpaired) electrons. The monoisotopic (exact) mass is 634 g/mol. The Bertz CT molecular complexity index is 1200. The van der Waals surface area contributed by atoms with Crippen LogP contribution in [0.15, 0.2) is 73.8 Å². The van der Waals surface area contributed by atoms with Gasteiger partial charge in [0, 0.05) is 48.3 Å². The number of nitrogens with one attached hydrogen (secondary N) is 3. The number of nitrogens with zero attached hydrogens (tertiary/aromatic N) is 1. The second-order valence-corrected chi connectivity index (χ2v) is 9.65. The Morgan fingerprint density at radius 2 is 1.40 bits per heavy atom. The molecule has 13 heteroatoms. The Labute approximate surface area is 261 Å². The number of esters is 2. The molecule has 0 bridgehead atoms. The maximum absolute atomic E-state index is 12.5.